The molecule has 170 valence electrons. The van der Waals surface area contributed by atoms with Crippen LogP contribution in [0.4, 0.5) is 5.69 Å². The van der Waals surface area contributed by atoms with Gasteiger partial charge in [0.25, 0.3) is 11.5 Å². The summed E-state index contributed by atoms with van der Waals surface area (Å²) in [6.45, 7) is 3.82. The summed E-state index contributed by atoms with van der Waals surface area (Å²) in [5, 5.41) is 1.81. The highest BCUT2D eigenvalue weighted by atomic mass is 35.5. The van der Waals surface area contributed by atoms with E-state index in [0.29, 0.717) is 43.9 Å². The number of para-hydroxylation sites is 1. The Labute approximate surface area is 205 Å². The second kappa shape index (κ2) is 9.08. The highest BCUT2D eigenvalue weighted by Gasteiger charge is 2.27. The Morgan fingerprint density at radius 1 is 1.06 bits per heavy atom. The summed E-state index contributed by atoms with van der Waals surface area (Å²) >= 11 is 7.62. The van der Waals surface area contributed by atoms with Gasteiger partial charge in [0, 0.05) is 16.3 Å². The summed E-state index contributed by atoms with van der Waals surface area (Å²) in [6.07, 6.45) is 0. The maximum atomic E-state index is 13.6. The smallest absolute Gasteiger partial charge is 0.265 e. The standard InChI is InChI=1S/C26H21ClN4O2S/c1-16-15-34-26(28-16)31(21-13-9-19(27)10-14-21)24(32)18-7-11-20(12-8-18)30-17(2)29-23-6-4-3-5-22(23)25(30)33/h3-14,16H,15H2,1-2H3/t16-/m1/s1. The van der Waals surface area contributed by atoms with E-state index in [4.69, 9.17) is 11.6 Å². The molecule has 6 nitrogen and oxygen atoms in total. The molecule has 0 bridgehead atoms. The Morgan fingerprint density at radius 2 is 1.76 bits per heavy atom. The summed E-state index contributed by atoms with van der Waals surface area (Å²) in [5.74, 6) is 1.20. The number of benzene rings is 3. The largest absolute Gasteiger partial charge is 0.268 e. The van der Waals surface area contributed by atoms with Gasteiger partial charge in [-0.3, -0.25) is 24.0 Å². The van der Waals surface area contributed by atoms with E-state index >= 15 is 0 Å². The van der Waals surface area contributed by atoms with Gasteiger partial charge in [-0.15, -0.1) is 0 Å². The Hall–Kier alpha value is -3.42. The Balaban J connectivity index is 1.53. The van der Waals surface area contributed by atoms with E-state index in [1.807, 2.05) is 37.3 Å². The summed E-state index contributed by atoms with van der Waals surface area (Å²) in [6, 6.07) is 21.5. The predicted molar refractivity (Wildman–Crippen MR) is 140 cm³/mol. The van der Waals surface area contributed by atoms with Crippen LogP contribution in [-0.2, 0) is 0 Å². The average Bonchev–Trinajstić information content (AvgIpc) is 3.26. The number of amides is 1. The normalized spacial score (nSPS) is 15.4. The van der Waals surface area contributed by atoms with Gasteiger partial charge in [-0.1, -0.05) is 35.5 Å². The molecular weight excluding hydrogens is 468 g/mol. The molecule has 1 aliphatic rings. The molecule has 0 N–H and O–H groups in total. The van der Waals surface area contributed by atoms with Crippen molar-refractivity contribution in [2.75, 3.05) is 10.7 Å². The quantitative estimate of drug-likeness (QED) is 0.382. The van der Waals surface area contributed by atoms with Crippen LogP contribution in [0.25, 0.3) is 16.6 Å². The molecule has 1 amide bonds. The first-order chi connectivity index (χ1) is 16.4. The van der Waals surface area contributed by atoms with Gasteiger partial charge in [-0.05, 0) is 74.5 Å². The monoisotopic (exact) mass is 488 g/mol. The third kappa shape index (κ3) is 4.13. The van der Waals surface area contributed by atoms with E-state index in [-0.39, 0.29) is 17.5 Å². The van der Waals surface area contributed by atoms with Gasteiger partial charge in [-0.2, -0.15) is 0 Å². The lowest BCUT2D eigenvalue weighted by molar-refractivity contribution is 0.100. The van der Waals surface area contributed by atoms with Crippen LogP contribution < -0.4 is 10.5 Å². The summed E-state index contributed by atoms with van der Waals surface area (Å²) in [4.78, 5) is 37.5. The lowest BCUT2D eigenvalue weighted by atomic mass is 10.1. The van der Waals surface area contributed by atoms with Gasteiger partial charge in [-0.25, -0.2) is 4.98 Å². The zero-order valence-electron chi connectivity index (χ0n) is 18.6. The van der Waals surface area contributed by atoms with E-state index in [0.717, 1.165) is 5.75 Å². The number of halogens is 1. The third-order valence-electron chi connectivity index (χ3n) is 5.58. The summed E-state index contributed by atoms with van der Waals surface area (Å²) in [7, 11) is 0. The maximum Gasteiger partial charge on any atom is 0.265 e. The van der Waals surface area contributed by atoms with E-state index in [1.54, 1.807) is 70.6 Å². The van der Waals surface area contributed by atoms with Crippen LogP contribution in [0.5, 0.6) is 0 Å². The fraction of sp³-hybridized carbons (Fsp3) is 0.154. The molecule has 0 saturated carbocycles. The number of rotatable bonds is 3. The second-order valence-corrected chi connectivity index (χ2v) is 9.48. The van der Waals surface area contributed by atoms with Crippen LogP contribution in [0.3, 0.4) is 0 Å². The number of carbonyl (C=O) groups excluding carboxylic acids is 1. The van der Waals surface area contributed by atoms with Crippen molar-refractivity contribution < 1.29 is 4.79 Å². The fourth-order valence-electron chi connectivity index (χ4n) is 3.92. The number of hydrogen-bond acceptors (Lipinski definition) is 5. The minimum absolute atomic E-state index is 0.139. The highest BCUT2D eigenvalue weighted by Crippen LogP contribution is 2.28. The minimum Gasteiger partial charge on any atom is -0.268 e. The Bertz CT molecular complexity index is 1480. The van der Waals surface area contributed by atoms with Crippen LogP contribution in [0, 0.1) is 6.92 Å². The van der Waals surface area contributed by atoms with Crippen molar-refractivity contribution in [3.8, 4) is 5.69 Å². The minimum atomic E-state index is -0.199. The number of thioether (sulfide) groups is 1. The van der Waals surface area contributed by atoms with E-state index in [1.165, 1.54) is 0 Å². The maximum absolute atomic E-state index is 13.6. The van der Waals surface area contributed by atoms with Gasteiger partial charge in [0.2, 0.25) is 0 Å². The summed E-state index contributed by atoms with van der Waals surface area (Å²) in [5.41, 5.74) is 2.36. The molecule has 8 heteroatoms. The van der Waals surface area contributed by atoms with Crippen molar-refractivity contribution in [1.82, 2.24) is 9.55 Å². The molecule has 0 saturated heterocycles. The van der Waals surface area contributed by atoms with Crippen molar-refractivity contribution >= 4 is 51.0 Å². The van der Waals surface area contributed by atoms with Crippen LogP contribution in [0.1, 0.15) is 23.1 Å². The van der Waals surface area contributed by atoms with Crippen LogP contribution >= 0.6 is 23.4 Å². The van der Waals surface area contributed by atoms with Gasteiger partial charge >= 0.3 is 0 Å². The average molecular weight is 489 g/mol. The molecule has 3 aromatic carbocycles. The first-order valence-corrected chi connectivity index (χ1v) is 12.2. The number of fused-ring (bicyclic) bond motifs is 1. The Morgan fingerprint density at radius 3 is 2.44 bits per heavy atom. The number of anilines is 1. The van der Waals surface area contributed by atoms with E-state index in [2.05, 4.69) is 9.98 Å². The number of carbonyl (C=O) groups is 1. The molecule has 4 aromatic rings. The topological polar surface area (TPSA) is 67.6 Å². The number of nitrogens with zero attached hydrogens (tertiary/aromatic N) is 4. The Kier molecular flexibility index (Phi) is 5.98. The van der Waals surface area contributed by atoms with Gasteiger partial charge in [0.1, 0.15) is 5.82 Å². The third-order valence-corrected chi connectivity index (χ3v) is 7.03. The number of aromatic nitrogens is 2. The first-order valence-electron chi connectivity index (χ1n) is 10.8. The van der Waals surface area contributed by atoms with Crippen molar-refractivity contribution in [1.29, 1.82) is 0 Å². The molecular formula is C26H21ClN4O2S. The van der Waals surface area contributed by atoms with Crippen molar-refractivity contribution in [3.05, 3.63) is 99.6 Å². The summed E-state index contributed by atoms with van der Waals surface area (Å²) < 4.78 is 1.56. The number of hydrogen-bond donors (Lipinski definition) is 0. The molecule has 0 spiro atoms. The zero-order chi connectivity index (χ0) is 23.8. The first kappa shape index (κ1) is 22.4. The highest BCUT2D eigenvalue weighted by molar-refractivity contribution is 8.14. The van der Waals surface area contributed by atoms with Crippen LogP contribution in [0.15, 0.2) is 82.6 Å². The van der Waals surface area contributed by atoms with Gasteiger partial charge in [0.05, 0.1) is 28.3 Å². The van der Waals surface area contributed by atoms with E-state index in [9.17, 15) is 9.59 Å². The molecule has 0 radical (unpaired) electrons. The number of aryl methyl sites for hydroxylation is 1. The molecule has 5 rings (SSSR count). The molecule has 1 aliphatic heterocycles. The van der Waals surface area contributed by atoms with E-state index < -0.39 is 0 Å². The molecule has 34 heavy (non-hydrogen) atoms. The molecule has 0 fully saturated rings. The lowest BCUT2D eigenvalue weighted by Crippen LogP contribution is -2.34. The second-order valence-electron chi connectivity index (χ2n) is 8.05. The lowest BCUT2D eigenvalue weighted by Gasteiger charge is -2.22. The molecule has 2 heterocycles. The molecule has 0 unspecified atom stereocenters. The number of aliphatic imine (C=N–C) groups is 1. The van der Waals surface area contributed by atoms with Crippen molar-refractivity contribution in [2.24, 2.45) is 4.99 Å². The predicted octanol–water partition coefficient (Wildman–Crippen LogP) is 5.49. The molecule has 0 aliphatic carbocycles. The van der Waals surface area contributed by atoms with Crippen LogP contribution in [-0.4, -0.2) is 32.4 Å². The number of amidine groups is 1. The van der Waals surface area contributed by atoms with Crippen molar-refractivity contribution in [3.63, 3.8) is 0 Å². The van der Waals surface area contributed by atoms with Crippen molar-refractivity contribution in [2.45, 2.75) is 19.9 Å². The fourth-order valence-corrected chi connectivity index (χ4v) is 5.08. The van der Waals surface area contributed by atoms with Gasteiger partial charge < -0.3 is 0 Å². The molecule has 1 atom stereocenters. The van der Waals surface area contributed by atoms with Crippen LogP contribution in [0.2, 0.25) is 5.02 Å². The zero-order valence-corrected chi connectivity index (χ0v) is 20.2. The SMILES string of the molecule is Cc1nc2ccccc2c(=O)n1-c1ccc(C(=O)N(C2=N[C@H](C)CS2)c2ccc(Cl)cc2)cc1. The van der Waals surface area contributed by atoms with Gasteiger partial charge in [0.15, 0.2) is 5.17 Å². The molecule has 1 aromatic heterocycles.